The molecule has 0 atom stereocenters. The molecule has 2 N–H and O–H groups in total. The number of benzene rings is 1. The van der Waals surface area contributed by atoms with Crippen molar-refractivity contribution in [2.45, 2.75) is 40.0 Å². The average Bonchev–Trinajstić information content (AvgIpc) is 2.38. The summed E-state index contributed by atoms with van der Waals surface area (Å²) in [6, 6.07) is 5.11. The number of anilines is 1. The van der Waals surface area contributed by atoms with Crippen LogP contribution < -0.4 is 10.6 Å². The van der Waals surface area contributed by atoms with Crippen molar-refractivity contribution in [2.24, 2.45) is 17.1 Å². The molecule has 0 saturated carbocycles. The lowest BCUT2D eigenvalue weighted by molar-refractivity contribution is 0.199. The summed E-state index contributed by atoms with van der Waals surface area (Å²) in [5.74, 6) is 0.610. The Bertz CT molecular complexity index is 443. The molecule has 112 valence electrons. The maximum atomic E-state index is 13.4. The van der Waals surface area contributed by atoms with Gasteiger partial charge in [0.1, 0.15) is 5.82 Å². The summed E-state index contributed by atoms with van der Waals surface area (Å²) in [5, 5.41) is 0. The maximum Gasteiger partial charge on any atom is 0.123 e. The Kier molecular flexibility index (Phi) is 4.69. The Balaban J connectivity index is 2.10. The van der Waals surface area contributed by atoms with Crippen LogP contribution in [0.1, 0.15) is 39.2 Å². The first-order valence-electron chi connectivity index (χ1n) is 7.65. The van der Waals surface area contributed by atoms with E-state index in [0.717, 1.165) is 31.0 Å². The number of nitrogens with two attached hydrogens (primary N) is 1. The summed E-state index contributed by atoms with van der Waals surface area (Å²) in [7, 11) is 0. The van der Waals surface area contributed by atoms with Crippen molar-refractivity contribution in [3.05, 3.63) is 29.6 Å². The second-order valence-electron chi connectivity index (χ2n) is 6.94. The van der Waals surface area contributed by atoms with E-state index >= 15 is 0 Å². The van der Waals surface area contributed by atoms with E-state index in [-0.39, 0.29) is 5.82 Å². The number of rotatable bonds is 3. The topological polar surface area (TPSA) is 29.3 Å². The molecular formula is C17H27FN2. The molecule has 0 amide bonds. The molecule has 1 heterocycles. The fourth-order valence-electron chi connectivity index (χ4n) is 3.20. The highest BCUT2D eigenvalue weighted by Crippen LogP contribution is 2.36. The molecule has 0 radical (unpaired) electrons. The lowest BCUT2D eigenvalue weighted by Gasteiger charge is -2.40. The minimum absolute atomic E-state index is 0.165. The molecule has 20 heavy (non-hydrogen) atoms. The molecule has 1 fully saturated rings. The molecule has 0 aliphatic carbocycles. The first-order chi connectivity index (χ1) is 9.41. The van der Waals surface area contributed by atoms with Gasteiger partial charge in [-0.05, 0) is 60.9 Å². The highest BCUT2D eigenvalue weighted by atomic mass is 19.1. The standard InChI is InChI=1S/C17H27FN2/c1-17(2,3)14-7-10-20(11-8-14)16-5-4-15(18)12-13(16)6-9-19/h4-5,12,14H,6-11,19H2,1-3H3. The molecule has 0 aromatic heterocycles. The van der Waals surface area contributed by atoms with E-state index in [9.17, 15) is 4.39 Å². The van der Waals surface area contributed by atoms with E-state index in [4.69, 9.17) is 5.73 Å². The van der Waals surface area contributed by atoms with E-state index < -0.39 is 0 Å². The summed E-state index contributed by atoms with van der Waals surface area (Å²) in [6.07, 6.45) is 3.16. The van der Waals surface area contributed by atoms with Crippen molar-refractivity contribution in [1.82, 2.24) is 0 Å². The molecule has 3 heteroatoms. The highest BCUT2D eigenvalue weighted by Gasteiger charge is 2.29. The van der Waals surface area contributed by atoms with Crippen LogP contribution in [0.5, 0.6) is 0 Å². The molecule has 1 aromatic carbocycles. The van der Waals surface area contributed by atoms with Gasteiger partial charge in [0.15, 0.2) is 0 Å². The third-order valence-corrected chi connectivity index (χ3v) is 4.52. The quantitative estimate of drug-likeness (QED) is 0.915. The van der Waals surface area contributed by atoms with Gasteiger partial charge in [-0.2, -0.15) is 0 Å². The summed E-state index contributed by atoms with van der Waals surface area (Å²) in [4.78, 5) is 2.40. The Morgan fingerprint density at radius 3 is 2.45 bits per heavy atom. The van der Waals surface area contributed by atoms with Crippen LogP contribution in [0.15, 0.2) is 18.2 Å². The monoisotopic (exact) mass is 278 g/mol. The van der Waals surface area contributed by atoms with Crippen LogP contribution in [0.3, 0.4) is 0 Å². The number of hydrogen-bond acceptors (Lipinski definition) is 2. The van der Waals surface area contributed by atoms with Crippen LogP contribution in [-0.2, 0) is 6.42 Å². The zero-order valence-electron chi connectivity index (χ0n) is 13.0. The lowest BCUT2D eigenvalue weighted by atomic mass is 9.75. The summed E-state index contributed by atoms with van der Waals surface area (Å²) >= 11 is 0. The van der Waals surface area contributed by atoms with Gasteiger partial charge >= 0.3 is 0 Å². The second-order valence-corrected chi connectivity index (χ2v) is 6.94. The number of piperidine rings is 1. The fourth-order valence-corrected chi connectivity index (χ4v) is 3.20. The summed E-state index contributed by atoms with van der Waals surface area (Å²) in [5.41, 5.74) is 8.24. The van der Waals surface area contributed by atoms with Gasteiger partial charge in [-0.25, -0.2) is 4.39 Å². The Morgan fingerprint density at radius 2 is 1.90 bits per heavy atom. The molecule has 1 aliphatic rings. The smallest absolute Gasteiger partial charge is 0.123 e. The predicted molar refractivity (Wildman–Crippen MR) is 83.6 cm³/mol. The molecule has 0 bridgehead atoms. The van der Waals surface area contributed by atoms with E-state index in [1.807, 2.05) is 6.07 Å². The van der Waals surface area contributed by atoms with Gasteiger partial charge in [0, 0.05) is 18.8 Å². The van der Waals surface area contributed by atoms with Crippen molar-refractivity contribution in [3.8, 4) is 0 Å². The van der Waals surface area contributed by atoms with Crippen LogP contribution in [0, 0.1) is 17.2 Å². The molecule has 2 nitrogen and oxygen atoms in total. The lowest BCUT2D eigenvalue weighted by Crippen LogP contribution is -2.38. The number of nitrogens with zero attached hydrogens (tertiary/aromatic N) is 1. The Labute approximate surface area is 122 Å². The van der Waals surface area contributed by atoms with Crippen LogP contribution >= 0.6 is 0 Å². The minimum Gasteiger partial charge on any atom is -0.371 e. The summed E-state index contributed by atoms with van der Waals surface area (Å²) < 4.78 is 13.4. The molecule has 1 saturated heterocycles. The van der Waals surface area contributed by atoms with E-state index in [1.54, 1.807) is 12.1 Å². The van der Waals surface area contributed by atoms with Gasteiger partial charge in [-0.15, -0.1) is 0 Å². The molecule has 0 unspecified atom stereocenters. The molecule has 0 spiro atoms. The van der Waals surface area contributed by atoms with Crippen molar-refractivity contribution in [2.75, 3.05) is 24.5 Å². The zero-order valence-corrected chi connectivity index (χ0v) is 13.0. The van der Waals surface area contributed by atoms with Gasteiger partial charge < -0.3 is 10.6 Å². The minimum atomic E-state index is -0.165. The van der Waals surface area contributed by atoms with Crippen molar-refractivity contribution in [1.29, 1.82) is 0 Å². The van der Waals surface area contributed by atoms with Crippen molar-refractivity contribution < 1.29 is 4.39 Å². The molecule has 2 rings (SSSR count). The first kappa shape index (κ1) is 15.3. The number of halogens is 1. The Hall–Kier alpha value is -1.09. The maximum absolute atomic E-state index is 13.4. The van der Waals surface area contributed by atoms with E-state index in [2.05, 4.69) is 25.7 Å². The van der Waals surface area contributed by atoms with Gasteiger partial charge in [-0.1, -0.05) is 20.8 Å². The van der Waals surface area contributed by atoms with Gasteiger partial charge in [0.25, 0.3) is 0 Å². The van der Waals surface area contributed by atoms with E-state index in [1.165, 1.54) is 18.5 Å². The summed E-state index contributed by atoms with van der Waals surface area (Å²) in [6.45, 7) is 9.66. The SMILES string of the molecule is CC(C)(C)C1CCN(c2ccc(F)cc2CCN)CC1. The van der Waals surface area contributed by atoms with Crippen LogP contribution in [0.2, 0.25) is 0 Å². The third kappa shape index (κ3) is 3.51. The normalized spacial score (nSPS) is 17.6. The van der Waals surface area contributed by atoms with Gasteiger partial charge in [-0.3, -0.25) is 0 Å². The van der Waals surface area contributed by atoms with Crippen LogP contribution in [0.4, 0.5) is 10.1 Å². The molecular weight excluding hydrogens is 251 g/mol. The van der Waals surface area contributed by atoms with E-state index in [0.29, 0.717) is 12.0 Å². The Morgan fingerprint density at radius 1 is 1.25 bits per heavy atom. The van der Waals surface area contributed by atoms with Crippen molar-refractivity contribution in [3.63, 3.8) is 0 Å². The largest absolute Gasteiger partial charge is 0.371 e. The molecule has 1 aromatic rings. The average molecular weight is 278 g/mol. The van der Waals surface area contributed by atoms with Gasteiger partial charge in [0.05, 0.1) is 0 Å². The van der Waals surface area contributed by atoms with Gasteiger partial charge in [0.2, 0.25) is 0 Å². The second kappa shape index (κ2) is 6.13. The third-order valence-electron chi connectivity index (χ3n) is 4.52. The van der Waals surface area contributed by atoms with Crippen LogP contribution in [0.25, 0.3) is 0 Å². The van der Waals surface area contributed by atoms with Crippen LogP contribution in [-0.4, -0.2) is 19.6 Å². The first-order valence-corrected chi connectivity index (χ1v) is 7.65. The fraction of sp³-hybridized carbons (Fsp3) is 0.647. The number of hydrogen-bond donors (Lipinski definition) is 1. The predicted octanol–water partition coefficient (Wildman–Crippen LogP) is 3.59. The molecule has 1 aliphatic heterocycles. The zero-order chi connectivity index (χ0) is 14.8. The highest BCUT2D eigenvalue weighted by molar-refractivity contribution is 5.54. The van der Waals surface area contributed by atoms with Crippen molar-refractivity contribution >= 4 is 5.69 Å².